The molecule has 1 aliphatic carbocycles. The summed E-state index contributed by atoms with van der Waals surface area (Å²) in [5.74, 6) is -0.0866. The summed E-state index contributed by atoms with van der Waals surface area (Å²) in [6, 6.07) is 6.95. The first-order valence-electron chi connectivity index (χ1n) is 9.00. The second kappa shape index (κ2) is 8.76. The standard InChI is InChI=1S/C20H26N2O5/c1-14(18(23)22(2)20(13-21)10-6-5-7-11-20)27-16-9-8-15(19(24)26-4)12-17(16)25-3/h8-9,12,14H,5-7,10-11H2,1-4H3/t14-/m0/s1. The molecule has 0 unspecified atom stereocenters. The molecule has 0 heterocycles. The number of ether oxygens (including phenoxy) is 3. The quantitative estimate of drug-likeness (QED) is 0.711. The summed E-state index contributed by atoms with van der Waals surface area (Å²) >= 11 is 0. The molecule has 1 fully saturated rings. The summed E-state index contributed by atoms with van der Waals surface area (Å²) in [6.45, 7) is 1.64. The van der Waals surface area contributed by atoms with E-state index in [1.54, 1.807) is 26.1 Å². The van der Waals surface area contributed by atoms with Crippen LogP contribution >= 0.6 is 0 Å². The van der Waals surface area contributed by atoms with E-state index in [0.29, 0.717) is 29.9 Å². The maximum atomic E-state index is 12.9. The average molecular weight is 374 g/mol. The minimum absolute atomic E-state index is 0.266. The van der Waals surface area contributed by atoms with Gasteiger partial charge in [-0.05, 0) is 38.0 Å². The first-order chi connectivity index (χ1) is 12.9. The van der Waals surface area contributed by atoms with Crippen molar-refractivity contribution in [1.82, 2.24) is 4.90 Å². The molecule has 1 aromatic rings. The fraction of sp³-hybridized carbons (Fsp3) is 0.550. The van der Waals surface area contributed by atoms with Gasteiger partial charge in [0.25, 0.3) is 5.91 Å². The largest absolute Gasteiger partial charge is 0.493 e. The van der Waals surface area contributed by atoms with Crippen LogP contribution in [0.4, 0.5) is 0 Å². The highest BCUT2D eigenvalue weighted by molar-refractivity contribution is 5.90. The zero-order chi connectivity index (χ0) is 20.0. The molecule has 2 rings (SSSR count). The molecule has 27 heavy (non-hydrogen) atoms. The summed E-state index contributed by atoms with van der Waals surface area (Å²) in [5, 5.41) is 9.67. The van der Waals surface area contributed by atoms with Gasteiger partial charge in [0.15, 0.2) is 17.6 Å². The van der Waals surface area contributed by atoms with Gasteiger partial charge >= 0.3 is 5.97 Å². The molecule has 146 valence electrons. The third-order valence-electron chi connectivity index (χ3n) is 5.10. The molecule has 7 nitrogen and oxygen atoms in total. The van der Waals surface area contributed by atoms with Crippen LogP contribution in [0.3, 0.4) is 0 Å². The topological polar surface area (TPSA) is 88.9 Å². The van der Waals surface area contributed by atoms with Crippen molar-refractivity contribution < 1.29 is 23.8 Å². The van der Waals surface area contributed by atoms with Gasteiger partial charge in [-0.15, -0.1) is 0 Å². The Bertz CT molecular complexity index is 734. The van der Waals surface area contributed by atoms with Crippen LogP contribution in [-0.4, -0.2) is 49.7 Å². The number of hydrogen-bond acceptors (Lipinski definition) is 6. The molecule has 1 aromatic carbocycles. The van der Waals surface area contributed by atoms with Crippen molar-refractivity contribution in [3.05, 3.63) is 23.8 Å². The molecule has 1 amide bonds. The minimum Gasteiger partial charge on any atom is -0.493 e. The monoisotopic (exact) mass is 374 g/mol. The molecular weight excluding hydrogens is 348 g/mol. The Kier molecular flexibility index (Phi) is 6.67. The highest BCUT2D eigenvalue weighted by Gasteiger charge is 2.40. The van der Waals surface area contributed by atoms with Crippen molar-refractivity contribution in [2.45, 2.75) is 50.7 Å². The zero-order valence-corrected chi connectivity index (χ0v) is 16.3. The lowest BCUT2D eigenvalue weighted by molar-refractivity contribution is -0.141. The molecule has 0 aliphatic heterocycles. The van der Waals surface area contributed by atoms with E-state index in [4.69, 9.17) is 14.2 Å². The number of benzene rings is 1. The van der Waals surface area contributed by atoms with E-state index in [-0.39, 0.29) is 5.91 Å². The normalized spacial score (nSPS) is 16.6. The first kappa shape index (κ1) is 20.6. The second-order valence-electron chi connectivity index (χ2n) is 6.72. The van der Waals surface area contributed by atoms with Crippen LogP contribution in [0.15, 0.2) is 18.2 Å². The molecule has 0 bridgehead atoms. The van der Waals surface area contributed by atoms with E-state index < -0.39 is 17.6 Å². The number of esters is 1. The molecule has 0 radical (unpaired) electrons. The fourth-order valence-corrected chi connectivity index (χ4v) is 3.39. The number of methoxy groups -OCH3 is 2. The van der Waals surface area contributed by atoms with Crippen LogP contribution in [0.2, 0.25) is 0 Å². The summed E-state index contributed by atoms with van der Waals surface area (Å²) in [5.41, 5.74) is -0.449. The predicted molar refractivity (Wildman–Crippen MR) is 98.6 cm³/mol. The van der Waals surface area contributed by atoms with Gasteiger partial charge in [0.05, 0.1) is 25.9 Å². The number of amides is 1. The number of likely N-dealkylation sites (N-methyl/N-ethyl adjacent to an activating group) is 1. The van der Waals surface area contributed by atoms with Crippen LogP contribution in [0, 0.1) is 11.3 Å². The lowest BCUT2D eigenvalue weighted by atomic mass is 9.81. The van der Waals surface area contributed by atoms with Crippen molar-refractivity contribution in [2.75, 3.05) is 21.3 Å². The highest BCUT2D eigenvalue weighted by Crippen LogP contribution is 2.34. The molecule has 0 N–H and O–H groups in total. The number of carbonyl (C=O) groups excluding carboxylic acids is 2. The summed E-state index contributed by atoms with van der Waals surface area (Å²) in [7, 11) is 4.41. The predicted octanol–water partition coefficient (Wildman–Crippen LogP) is 2.93. The smallest absolute Gasteiger partial charge is 0.337 e. The Morgan fingerprint density at radius 3 is 2.41 bits per heavy atom. The van der Waals surface area contributed by atoms with E-state index in [9.17, 15) is 14.9 Å². The van der Waals surface area contributed by atoms with E-state index in [1.807, 2.05) is 0 Å². The van der Waals surface area contributed by atoms with Gasteiger partial charge in [0, 0.05) is 7.05 Å². The van der Waals surface area contributed by atoms with Crippen LogP contribution < -0.4 is 9.47 Å². The van der Waals surface area contributed by atoms with Crippen LogP contribution in [0.25, 0.3) is 0 Å². The number of carbonyl (C=O) groups is 2. The van der Waals surface area contributed by atoms with Crippen molar-refractivity contribution in [2.24, 2.45) is 0 Å². The van der Waals surface area contributed by atoms with Crippen molar-refractivity contribution in [1.29, 1.82) is 5.26 Å². The summed E-state index contributed by atoms with van der Waals surface area (Å²) < 4.78 is 15.7. The minimum atomic E-state index is -0.806. The molecule has 7 heteroatoms. The average Bonchev–Trinajstić information content (AvgIpc) is 2.72. The molecule has 1 atom stereocenters. The lowest BCUT2D eigenvalue weighted by Gasteiger charge is -2.40. The maximum Gasteiger partial charge on any atom is 0.337 e. The fourth-order valence-electron chi connectivity index (χ4n) is 3.39. The van der Waals surface area contributed by atoms with Gasteiger partial charge in [-0.3, -0.25) is 4.79 Å². The van der Waals surface area contributed by atoms with E-state index in [0.717, 1.165) is 19.3 Å². The van der Waals surface area contributed by atoms with Crippen LogP contribution in [0.5, 0.6) is 11.5 Å². The van der Waals surface area contributed by atoms with Gasteiger partial charge in [0.2, 0.25) is 0 Å². The number of rotatable bonds is 6. The zero-order valence-electron chi connectivity index (χ0n) is 16.3. The Morgan fingerprint density at radius 2 is 1.85 bits per heavy atom. The van der Waals surface area contributed by atoms with Crippen LogP contribution in [0.1, 0.15) is 49.4 Å². The van der Waals surface area contributed by atoms with Crippen molar-refractivity contribution >= 4 is 11.9 Å². The van der Waals surface area contributed by atoms with Crippen molar-refractivity contribution in [3.8, 4) is 17.6 Å². The van der Waals surface area contributed by atoms with Gasteiger partial charge in [-0.2, -0.15) is 5.26 Å². The highest BCUT2D eigenvalue weighted by atomic mass is 16.5. The Hall–Kier alpha value is -2.75. The molecular formula is C20H26N2O5. The molecule has 0 spiro atoms. The Balaban J connectivity index is 2.16. The first-order valence-corrected chi connectivity index (χ1v) is 9.00. The van der Waals surface area contributed by atoms with E-state index >= 15 is 0 Å². The Morgan fingerprint density at radius 1 is 1.19 bits per heavy atom. The number of nitrogens with zero attached hydrogens (tertiary/aromatic N) is 2. The number of nitriles is 1. The SMILES string of the molecule is COC(=O)c1ccc(O[C@@H](C)C(=O)N(C)C2(C#N)CCCCC2)c(OC)c1. The van der Waals surface area contributed by atoms with Gasteiger partial charge in [-0.25, -0.2) is 4.79 Å². The second-order valence-corrected chi connectivity index (χ2v) is 6.72. The van der Waals surface area contributed by atoms with Gasteiger partial charge < -0.3 is 19.1 Å². The third kappa shape index (κ3) is 4.33. The summed E-state index contributed by atoms with van der Waals surface area (Å²) in [6.07, 6.45) is 3.50. The van der Waals surface area contributed by atoms with Crippen molar-refractivity contribution in [3.63, 3.8) is 0 Å². The van der Waals surface area contributed by atoms with Crippen LogP contribution in [-0.2, 0) is 9.53 Å². The third-order valence-corrected chi connectivity index (χ3v) is 5.10. The van der Waals surface area contributed by atoms with E-state index in [2.05, 4.69) is 6.07 Å². The summed E-state index contributed by atoms with van der Waals surface area (Å²) in [4.78, 5) is 26.0. The van der Waals surface area contributed by atoms with Gasteiger partial charge in [0.1, 0.15) is 5.54 Å². The molecule has 1 saturated carbocycles. The molecule has 0 aromatic heterocycles. The number of hydrogen-bond donors (Lipinski definition) is 0. The lowest BCUT2D eigenvalue weighted by Crippen LogP contribution is -2.53. The molecule has 1 aliphatic rings. The maximum absolute atomic E-state index is 12.9. The molecule has 0 saturated heterocycles. The van der Waals surface area contributed by atoms with E-state index in [1.165, 1.54) is 25.2 Å². The Labute approximate surface area is 159 Å². The van der Waals surface area contributed by atoms with Gasteiger partial charge in [-0.1, -0.05) is 19.3 Å².